The molecule has 1 aliphatic carbocycles. The van der Waals surface area contributed by atoms with E-state index >= 15 is 0 Å². The van der Waals surface area contributed by atoms with Crippen molar-refractivity contribution < 1.29 is 14.6 Å². The zero-order chi connectivity index (χ0) is 19.8. The van der Waals surface area contributed by atoms with E-state index in [-0.39, 0.29) is 22.9 Å². The predicted molar refractivity (Wildman–Crippen MR) is 110 cm³/mol. The molecule has 2 atom stereocenters. The van der Waals surface area contributed by atoms with E-state index < -0.39 is 0 Å². The molecule has 0 saturated heterocycles. The summed E-state index contributed by atoms with van der Waals surface area (Å²) in [5.74, 6) is 1.75. The van der Waals surface area contributed by atoms with Gasteiger partial charge in [0.2, 0.25) is 0 Å². The molecule has 3 heteroatoms. The van der Waals surface area contributed by atoms with Crippen LogP contribution in [0.2, 0.25) is 0 Å². The minimum Gasteiger partial charge on any atom is -0.508 e. The van der Waals surface area contributed by atoms with E-state index in [1.165, 1.54) is 25.7 Å². The van der Waals surface area contributed by atoms with Crippen molar-refractivity contribution >= 4 is 5.78 Å². The summed E-state index contributed by atoms with van der Waals surface area (Å²) in [6.07, 6.45) is 8.07. The summed E-state index contributed by atoms with van der Waals surface area (Å²) in [5, 5.41) is 10.9. The number of rotatable bonds is 6. The molecule has 27 heavy (non-hydrogen) atoms. The van der Waals surface area contributed by atoms with Crippen molar-refractivity contribution in [2.75, 3.05) is 0 Å². The summed E-state index contributed by atoms with van der Waals surface area (Å²) in [5.41, 5.74) is 1.67. The number of ketones is 1. The van der Waals surface area contributed by atoms with E-state index in [4.69, 9.17) is 4.74 Å². The third kappa shape index (κ3) is 4.02. The molecule has 0 bridgehead atoms. The van der Waals surface area contributed by atoms with Crippen LogP contribution in [0.4, 0.5) is 0 Å². The van der Waals surface area contributed by atoms with Crippen molar-refractivity contribution in [2.24, 2.45) is 5.92 Å². The maximum Gasteiger partial charge on any atom is 0.133 e. The van der Waals surface area contributed by atoms with E-state index in [9.17, 15) is 9.90 Å². The summed E-state index contributed by atoms with van der Waals surface area (Å²) in [6.45, 7) is 11.0. The summed E-state index contributed by atoms with van der Waals surface area (Å²) < 4.78 is 6.41. The van der Waals surface area contributed by atoms with Crippen molar-refractivity contribution in [3.05, 3.63) is 23.3 Å². The molecule has 0 unspecified atom stereocenters. The molecule has 0 aromatic heterocycles. The van der Waals surface area contributed by atoms with Gasteiger partial charge in [-0.3, -0.25) is 4.79 Å². The van der Waals surface area contributed by atoms with Crippen molar-refractivity contribution in [3.63, 3.8) is 0 Å². The molecule has 150 valence electrons. The molecule has 1 aliphatic heterocycles. The number of aromatic hydroxyl groups is 1. The molecule has 2 aliphatic rings. The summed E-state index contributed by atoms with van der Waals surface area (Å²) >= 11 is 0. The highest BCUT2D eigenvalue weighted by Gasteiger charge is 2.47. The van der Waals surface area contributed by atoms with Crippen molar-refractivity contribution in [2.45, 2.75) is 103 Å². The molecule has 1 N–H and O–H groups in total. The third-order valence-electron chi connectivity index (χ3n) is 6.86. The first-order chi connectivity index (χ1) is 12.7. The van der Waals surface area contributed by atoms with Gasteiger partial charge in [-0.05, 0) is 49.8 Å². The quantitative estimate of drug-likeness (QED) is 0.599. The van der Waals surface area contributed by atoms with Crippen LogP contribution in [-0.2, 0) is 10.2 Å². The first-order valence-electron chi connectivity index (χ1n) is 10.7. The van der Waals surface area contributed by atoms with E-state index in [1.54, 1.807) is 0 Å². The molecule has 3 nitrogen and oxygen atoms in total. The molecule has 0 spiro atoms. The SMILES string of the molecule is CCCCCCC(C)(C)c1cc(O)c2c(c1)OC(C)(C)[C@H]1CCC(=O)C[C@H]21. The second-order valence-corrected chi connectivity index (χ2v) is 9.80. The lowest BCUT2D eigenvalue weighted by Crippen LogP contribution is -2.47. The Morgan fingerprint density at radius 1 is 1.22 bits per heavy atom. The molecule has 1 aromatic carbocycles. The topological polar surface area (TPSA) is 46.5 Å². The molecular formula is C24H36O3. The molecule has 0 radical (unpaired) electrons. The number of phenolic OH excluding ortho intramolecular Hbond substituents is 1. The third-order valence-corrected chi connectivity index (χ3v) is 6.86. The highest BCUT2D eigenvalue weighted by Crippen LogP contribution is 2.54. The molecule has 0 amide bonds. The minimum absolute atomic E-state index is 0.00696. The number of Topliss-reactive ketones (excluding diaryl/α,β-unsaturated/α-hetero) is 1. The van der Waals surface area contributed by atoms with Gasteiger partial charge in [0.25, 0.3) is 0 Å². The van der Waals surface area contributed by atoms with Crippen LogP contribution in [0.15, 0.2) is 12.1 Å². The van der Waals surface area contributed by atoms with Crippen LogP contribution >= 0.6 is 0 Å². The fourth-order valence-electron chi connectivity index (χ4n) is 5.10. The zero-order valence-corrected chi connectivity index (χ0v) is 17.7. The summed E-state index contributed by atoms with van der Waals surface area (Å²) in [7, 11) is 0. The molecule has 1 fully saturated rings. The number of phenols is 1. The molecule has 1 heterocycles. The maximum absolute atomic E-state index is 12.1. The van der Waals surface area contributed by atoms with E-state index in [0.717, 1.165) is 29.7 Å². The van der Waals surface area contributed by atoms with Crippen molar-refractivity contribution in [1.82, 2.24) is 0 Å². The van der Waals surface area contributed by atoms with Gasteiger partial charge >= 0.3 is 0 Å². The van der Waals surface area contributed by atoms with Crippen molar-refractivity contribution in [1.29, 1.82) is 0 Å². The molecular weight excluding hydrogens is 336 g/mol. The lowest BCUT2D eigenvalue weighted by Gasteiger charge is -2.47. The fraction of sp³-hybridized carbons (Fsp3) is 0.708. The van der Waals surface area contributed by atoms with Crippen molar-refractivity contribution in [3.8, 4) is 11.5 Å². The minimum atomic E-state index is -0.311. The molecule has 3 rings (SSSR count). The normalized spacial score (nSPS) is 24.1. The summed E-state index contributed by atoms with van der Waals surface area (Å²) in [4.78, 5) is 12.1. The van der Waals surface area contributed by atoms with Crippen LogP contribution in [0.3, 0.4) is 0 Å². The van der Waals surface area contributed by atoms with Gasteiger partial charge in [0, 0.05) is 30.2 Å². The van der Waals surface area contributed by atoms with Crippen LogP contribution in [-0.4, -0.2) is 16.5 Å². The average Bonchev–Trinajstić information content (AvgIpc) is 2.57. The van der Waals surface area contributed by atoms with Gasteiger partial charge in [0.1, 0.15) is 22.9 Å². The molecule has 1 aromatic rings. The second-order valence-electron chi connectivity index (χ2n) is 9.80. The summed E-state index contributed by atoms with van der Waals surface area (Å²) in [6, 6.07) is 4.06. The van der Waals surface area contributed by atoms with Crippen LogP contribution in [0.5, 0.6) is 11.5 Å². The van der Waals surface area contributed by atoms with Crippen LogP contribution < -0.4 is 4.74 Å². The number of hydrogen-bond donors (Lipinski definition) is 1. The number of hydrogen-bond acceptors (Lipinski definition) is 3. The highest BCUT2D eigenvalue weighted by atomic mass is 16.5. The number of ether oxygens (including phenoxy) is 1. The Labute approximate surface area is 164 Å². The number of carbonyl (C=O) groups excluding carboxylic acids is 1. The van der Waals surface area contributed by atoms with E-state index in [1.807, 2.05) is 6.07 Å². The van der Waals surface area contributed by atoms with E-state index in [2.05, 4.69) is 40.7 Å². The monoisotopic (exact) mass is 372 g/mol. The Bertz CT molecular complexity index is 702. The van der Waals surface area contributed by atoms with Crippen LogP contribution in [0.25, 0.3) is 0 Å². The van der Waals surface area contributed by atoms with Crippen LogP contribution in [0.1, 0.15) is 103 Å². The van der Waals surface area contributed by atoms with E-state index in [0.29, 0.717) is 24.4 Å². The number of carbonyl (C=O) groups is 1. The van der Waals surface area contributed by atoms with Gasteiger partial charge in [-0.1, -0.05) is 46.5 Å². The maximum atomic E-state index is 12.1. The zero-order valence-electron chi connectivity index (χ0n) is 17.7. The lowest BCUT2D eigenvalue weighted by molar-refractivity contribution is -0.124. The van der Waals surface area contributed by atoms with Gasteiger partial charge in [-0.2, -0.15) is 0 Å². The number of unbranched alkanes of at least 4 members (excludes halogenated alkanes) is 3. The van der Waals surface area contributed by atoms with Gasteiger partial charge < -0.3 is 9.84 Å². The predicted octanol–water partition coefficient (Wildman–Crippen LogP) is 6.26. The largest absolute Gasteiger partial charge is 0.508 e. The first-order valence-corrected chi connectivity index (χ1v) is 10.7. The smallest absolute Gasteiger partial charge is 0.133 e. The molecule has 1 saturated carbocycles. The van der Waals surface area contributed by atoms with Crippen LogP contribution in [0, 0.1) is 5.92 Å². The second kappa shape index (κ2) is 7.48. The Morgan fingerprint density at radius 3 is 2.67 bits per heavy atom. The Balaban J connectivity index is 1.92. The average molecular weight is 373 g/mol. The Hall–Kier alpha value is -1.51. The Morgan fingerprint density at radius 2 is 1.96 bits per heavy atom. The standard InChI is InChI=1S/C24H36O3/c1-6-7-8-9-12-23(2,3)16-13-20(26)22-18-15-17(25)10-11-19(18)24(4,5)27-21(22)14-16/h13-14,18-19,26H,6-12,15H2,1-5H3/t18-,19-/m0/s1. The van der Waals surface area contributed by atoms with Gasteiger partial charge in [-0.25, -0.2) is 0 Å². The van der Waals surface area contributed by atoms with Gasteiger partial charge in [0.15, 0.2) is 0 Å². The number of benzene rings is 1. The fourth-order valence-corrected chi connectivity index (χ4v) is 5.10. The Kier molecular flexibility index (Phi) is 5.61. The first kappa shape index (κ1) is 20.2. The highest BCUT2D eigenvalue weighted by molar-refractivity contribution is 5.81. The van der Waals surface area contributed by atoms with Gasteiger partial charge in [0.05, 0.1) is 0 Å². The van der Waals surface area contributed by atoms with Gasteiger partial charge in [-0.15, -0.1) is 0 Å². The lowest BCUT2D eigenvalue weighted by atomic mass is 9.66. The number of fused-ring (bicyclic) bond motifs is 3.